The van der Waals surface area contributed by atoms with E-state index in [1.54, 1.807) is 0 Å². The van der Waals surface area contributed by atoms with Crippen LogP contribution in [0.3, 0.4) is 0 Å². The van der Waals surface area contributed by atoms with Crippen molar-refractivity contribution in [2.45, 2.75) is 31.8 Å². The van der Waals surface area contributed by atoms with E-state index in [1.807, 2.05) is 6.92 Å². The molecule has 0 aromatic rings. The molecule has 2 bridgehead atoms. The molecule has 2 fully saturated rings. The molecule has 2 rings (SSSR count). The minimum Gasteiger partial charge on any atom is -0.465 e. The molecular formula is C10H19ClN2O2. The number of halogens is 1. The summed E-state index contributed by atoms with van der Waals surface area (Å²) in [5.41, 5.74) is 0. The fourth-order valence-electron chi connectivity index (χ4n) is 2.48. The molecule has 2 aliphatic rings. The van der Waals surface area contributed by atoms with Crippen LogP contribution >= 0.6 is 12.4 Å². The lowest BCUT2D eigenvalue weighted by Gasteiger charge is -2.34. The van der Waals surface area contributed by atoms with Gasteiger partial charge in [0.2, 0.25) is 0 Å². The monoisotopic (exact) mass is 234 g/mol. The molecule has 88 valence electrons. The molecule has 5 heteroatoms. The minimum atomic E-state index is -0.0775. The van der Waals surface area contributed by atoms with Gasteiger partial charge < -0.3 is 10.1 Å². The Hall–Kier alpha value is -0.320. The van der Waals surface area contributed by atoms with E-state index in [-0.39, 0.29) is 18.4 Å². The molecule has 4 nitrogen and oxygen atoms in total. The number of carbonyl (C=O) groups excluding carboxylic acids is 1. The first-order chi connectivity index (χ1) is 6.81. The topological polar surface area (TPSA) is 41.6 Å². The predicted molar refractivity (Wildman–Crippen MR) is 60.3 cm³/mol. The smallest absolute Gasteiger partial charge is 0.320 e. The molecule has 0 saturated carbocycles. The first-order valence-corrected chi connectivity index (χ1v) is 5.43. The van der Waals surface area contributed by atoms with Crippen molar-refractivity contribution in [1.82, 2.24) is 10.2 Å². The Morgan fingerprint density at radius 3 is 2.53 bits per heavy atom. The van der Waals surface area contributed by atoms with E-state index in [1.165, 1.54) is 12.8 Å². The molecular weight excluding hydrogens is 216 g/mol. The lowest BCUT2D eigenvalue weighted by molar-refractivity contribution is -0.145. The van der Waals surface area contributed by atoms with E-state index in [0.29, 0.717) is 25.2 Å². The number of piperazine rings is 1. The number of esters is 1. The standard InChI is InChI=1S/C10H18N2O2.ClH/c1-2-14-10(13)7-12-8-3-4-9(12)6-11-5-8;/h8-9,11H,2-7H2,1H3;1H. The van der Waals surface area contributed by atoms with Crippen LogP contribution in [0.5, 0.6) is 0 Å². The van der Waals surface area contributed by atoms with E-state index in [4.69, 9.17) is 4.74 Å². The molecule has 2 aliphatic heterocycles. The fourth-order valence-corrected chi connectivity index (χ4v) is 2.48. The first kappa shape index (κ1) is 12.7. The van der Waals surface area contributed by atoms with Crippen LogP contribution in [0.25, 0.3) is 0 Å². The number of nitrogens with zero attached hydrogens (tertiary/aromatic N) is 1. The first-order valence-electron chi connectivity index (χ1n) is 5.43. The van der Waals surface area contributed by atoms with Crippen molar-refractivity contribution in [2.75, 3.05) is 26.2 Å². The Labute approximate surface area is 96.7 Å². The molecule has 0 aromatic heterocycles. The largest absolute Gasteiger partial charge is 0.465 e. The molecule has 0 aromatic carbocycles. The Kier molecular flexibility index (Phi) is 4.83. The summed E-state index contributed by atoms with van der Waals surface area (Å²) in [6.07, 6.45) is 2.44. The summed E-state index contributed by atoms with van der Waals surface area (Å²) in [5.74, 6) is -0.0775. The highest BCUT2D eigenvalue weighted by Crippen LogP contribution is 2.25. The maximum atomic E-state index is 11.3. The van der Waals surface area contributed by atoms with Crippen LogP contribution < -0.4 is 5.32 Å². The Morgan fingerprint density at radius 1 is 1.40 bits per heavy atom. The Balaban J connectivity index is 0.00000112. The lowest BCUT2D eigenvalue weighted by atomic mass is 10.2. The third-order valence-corrected chi connectivity index (χ3v) is 3.15. The fraction of sp³-hybridized carbons (Fsp3) is 0.900. The highest BCUT2D eigenvalue weighted by Gasteiger charge is 2.37. The number of hydrogen-bond donors (Lipinski definition) is 1. The second-order valence-corrected chi connectivity index (χ2v) is 4.02. The van der Waals surface area contributed by atoms with Crippen LogP contribution in [-0.4, -0.2) is 49.2 Å². The van der Waals surface area contributed by atoms with E-state index in [2.05, 4.69) is 10.2 Å². The quantitative estimate of drug-likeness (QED) is 0.719. The van der Waals surface area contributed by atoms with Crippen LogP contribution in [0.2, 0.25) is 0 Å². The summed E-state index contributed by atoms with van der Waals surface area (Å²) in [6.45, 7) is 4.86. The van der Waals surface area contributed by atoms with Gasteiger partial charge in [-0.15, -0.1) is 12.4 Å². The normalized spacial score (nSPS) is 29.7. The van der Waals surface area contributed by atoms with Gasteiger partial charge in [-0.25, -0.2) is 0 Å². The van der Waals surface area contributed by atoms with Gasteiger partial charge in [0.15, 0.2) is 0 Å². The van der Waals surface area contributed by atoms with Gasteiger partial charge >= 0.3 is 5.97 Å². The average Bonchev–Trinajstić information content (AvgIpc) is 2.41. The molecule has 0 amide bonds. The van der Waals surface area contributed by atoms with Crippen LogP contribution in [0, 0.1) is 0 Å². The molecule has 1 N–H and O–H groups in total. The van der Waals surface area contributed by atoms with E-state index in [0.717, 1.165) is 13.1 Å². The Morgan fingerprint density at radius 2 is 2.00 bits per heavy atom. The van der Waals surface area contributed by atoms with Gasteiger partial charge in [0.05, 0.1) is 13.2 Å². The van der Waals surface area contributed by atoms with Crippen molar-refractivity contribution < 1.29 is 9.53 Å². The van der Waals surface area contributed by atoms with Gasteiger partial charge in [-0.05, 0) is 19.8 Å². The van der Waals surface area contributed by atoms with Crippen molar-refractivity contribution in [2.24, 2.45) is 0 Å². The highest BCUT2D eigenvalue weighted by atomic mass is 35.5. The van der Waals surface area contributed by atoms with E-state index in [9.17, 15) is 4.79 Å². The third-order valence-electron chi connectivity index (χ3n) is 3.15. The van der Waals surface area contributed by atoms with Crippen molar-refractivity contribution >= 4 is 18.4 Å². The number of rotatable bonds is 3. The van der Waals surface area contributed by atoms with E-state index < -0.39 is 0 Å². The zero-order valence-corrected chi connectivity index (χ0v) is 9.89. The number of hydrogen-bond acceptors (Lipinski definition) is 4. The molecule has 2 unspecified atom stereocenters. The molecule has 2 atom stereocenters. The van der Waals surface area contributed by atoms with Crippen LogP contribution in [0.15, 0.2) is 0 Å². The third kappa shape index (κ3) is 2.83. The predicted octanol–water partition coefficient (Wildman–Crippen LogP) is 0.407. The van der Waals surface area contributed by atoms with Crippen molar-refractivity contribution in [3.63, 3.8) is 0 Å². The van der Waals surface area contributed by atoms with Gasteiger partial charge in [-0.3, -0.25) is 9.69 Å². The lowest BCUT2D eigenvalue weighted by Crippen LogP contribution is -2.53. The van der Waals surface area contributed by atoms with Gasteiger partial charge in [0.25, 0.3) is 0 Å². The molecule has 2 heterocycles. The number of ether oxygens (including phenoxy) is 1. The number of nitrogens with one attached hydrogen (secondary N) is 1. The zero-order valence-electron chi connectivity index (χ0n) is 9.07. The van der Waals surface area contributed by atoms with Crippen molar-refractivity contribution in [3.8, 4) is 0 Å². The van der Waals surface area contributed by atoms with Crippen LogP contribution in [0.1, 0.15) is 19.8 Å². The number of carbonyl (C=O) groups is 1. The molecule has 2 saturated heterocycles. The zero-order chi connectivity index (χ0) is 9.97. The summed E-state index contributed by atoms with van der Waals surface area (Å²) in [7, 11) is 0. The molecule has 15 heavy (non-hydrogen) atoms. The average molecular weight is 235 g/mol. The van der Waals surface area contributed by atoms with Gasteiger partial charge in [-0.1, -0.05) is 0 Å². The van der Waals surface area contributed by atoms with Gasteiger partial charge in [0.1, 0.15) is 0 Å². The van der Waals surface area contributed by atoms with Crippen molar-refractivity contribution in [1.29, 1.82) is 0 Å². The summed E-state index contributed by atoms with van der Waals surface area (Å²) in [4.78, 5) is 13.6. The minimum absolute atomic E-state index is 0. The Bertz CT molecular complexity index is 209. The van der Waals surface area contributed by atoms with E-state index >= 15 is 0 Å². The SMILES string of the molecule is CCOC(=O)CN1C2CCC1CNC2.Cl. The molecule has 0 radical (unpaired) electrons. The summed E-state index contributed by atoms with van der Waals surface area (Å²) in [6, 6.07) is 1.11. The van der Waals surface area contributed by atoms with Gasteiger partial charge in [0, 0.05) is 25.2 Å². The van der Waals surface area contributed by atoms with Crippen LogP contribution in [0.4, 0.5) is 0 Å². The van der Waals surface area contributed by atoms with Gasteiger partial charge in [-0.2, -0.15) is 0 Å². The molecule has 0 aliphatic carbocycles. The highest BCUT2D eigenvalue weighted by molar-refractivity contribution is 5.85. The molecule has 0 spiro atoms. The summed E-state index contributed by atoms with van der Waals surface area (Å²) in [5, 5.41) is 3.39. The number of fused-ring (bicyclic) bond motifs is 2. The van der Waals surface area contributed by atoms with Crippen LogP contribution in [-0.2, 0) is 9.53 Å². The summed E-state index contributed by atoms with van der Waals surface area (Å²) >= 11 is 0. The maximum absolute atomic E-state index is 11.3. The maximum Gasteiger partial charge on any atom is 0.320 e. The summed E-state index contributed by atoms with van der Waals surface area (Å²) < 4.78 is 4.97. The van der Waals surface area contributed by atoms with Crippen molar-refractivity contribution in [3.05, 3.63) is 0 Å². The second-order valence-electron chi connectivity index (χ2n) is 4.02. The second kappa shape index (κ2) is 5.68.